The lowest BCUT2D eigenvalue weighted by Crippen LogP contribution is -2.16. The molecule has 0 spiro atoms. The molecule has 0 aromatic heterocycles. The van der Waals surface area contributed by atoms with Gasteiger partial charge in [-0.15, -0.1) is 0 Å². The molecule has 15 heavy (non-hydrogen) atoms. The second-order valence-electron chi connectivity index (χ2n) is 2.83. The Kier molecular flexibility index (Phi) is 2.51. The molecule has 2 N–H and O–H groups in total. The van der Waals surface area contributed by atoms with Crippen LogP contribution < -0.4 is 5.32 Å². The first-order valence-electron chi connectivity index (χ1n) is 4.14. The molecular weight excluding hydrogens is 216 g/mol. The van der Waals surface area contributed by atoms with Crippen LogP contribution in [0.25, 0.3) is 0 Å². The summed E-state index contributed by atoms with van der Waals surface area (Å²) in [5.41, 5.74) is 1.05. The molecule has 1 aliphatic heterocycles. The number of carboxylic acid groups (broad SMARTS) is 1. The summed E-state index contributed by atoms with van der Waals surface area (Å²) in [7, 11) is 1.52. The molecular formula is C9H8N2O3S. The van der Waals surface area contributed by atoms with Gasteiger partial charge in [-0.2, -0.15) is 4.40 Å². The van der Waals surface area contributed by atoms with Crippen molar-refractivity contribution in [3.05, 3.63) is 23.8 Å². The lowest BCUT2D eigenvalue weighted by molar-refractivity contribution is 0.0696. The number of anilines is 1. The van der Waals surface area contributed by atoms with Crippen LogP contribution in [0.2, 0.25) is 0 Å². The van der Waals surface area contributed by atoms with Gasteiger partial charge in [0.2, 0.25) is 0 Å². The zero-order valence-electron chi connectivity index (χ0n) is 7.85. The van der Waals surface area contributed by atoms with Gasteiger partial charge in [0.25, 0.3) is 0 Å². The van der Waals surface area contributed by atoms with E-state index in [9.17, 15) is 4.79 Å². The molecule has 1 aromatic rings. The van der Waals surface area contributed by atoms with Crippen LogP contribution in [0.3, 0.4) is 0 Å². The molecule has 1 aromatic carbocycles. The van der Waals surface area contributed by atoms with Crippen molar-refractivity contribution in [3.63, 3.8) is 0 Å². The topological polar surface area (TPSA) is 70.9 Å². The van der Waals surface area contributed by atoms with Gasteiger partial charge in [-0.25, -0.2) is 4.79 Å². The Morgan fingerprint density at radius 2 is 2.40 bits per heavy atom. The first-order valence-corrected chi connectivity index (χ1v) is 4.91. The number of aromatic carboxylic acids is 1. The molecule has 1 heterocycles. The number of hydrogen-bond donors (Lipinski definition) is 2. The van der Waals surface area contributed by atoms with Gasteiger partial charge in [-0.3, -0.25) is 0 Å². The Bertz CT molecular complexity index is 445. The van der Waals surface area contributed by atoms with Crippen molar-refractivity contribution in [2.75, 3.05) is 12.4 Å². The van der Waals surface area contributed by atoms with E-state index >= 15 is 0 Å². The summed E-state index contributed by atoms with van der Waals surface area (Å²) in [6.45, 7) is 0. The molecule has 0 aliphatic carbocycles. The van der Waals surface area contributed by atoms with Crippen molar-refractivity contribution in [1.82, 2.24) is 0 Å². The Morgan fingerprint density at radius 1 is 1.60 bits per heavy atom. The Hall–Kier alpha value is -1.69. The van der Waals surface area contributed by atoms with E-state index < -0.39 is 5.97 Å². The summed E-state index contributed by atoms with van der Waals surface area (Å²) in [5.74, 6) is -0.945. The standard InChI is InChI=1S/C9H8N2O3S/c1-14-9-10-6-3-2-5(8(12)13)4-7(6)15-11-9/h2-4H,1H3,(H,10,11)(H,12,13). The highest BCUT2D eigenvalue weighted by Gasteiger charge is 2.14. The monoisotopic (exact) mass is 224 g/mol. The van der Waals surface area contributed by atoms with E-state index in [0.717, 1.165) is 10.6 Å². The molecule has 6 heteroatoms. The number of benzene rings is 1. The number of amidine groups is 1. The fourth-order valence-corrected chi connectivity index (χ4v) is 1.85. The smallest absolute Gasteiger partial charge is 0.335 e. The van der Waals surface area contributed by atoms with Crippen molar-refractivity contribution in [2.24, 2.45) is 4.40 Å². The summed E-state index contributed by atoms with van der Waals surface area (Å²) in [6.07, 6.45) is 0. The lowest BCUT2D eigenvalue weighted by Gasteiger charge is -2.15. The molecule has 5 nitrogen and oxygen atoms in total. The highest BCUT2D eigenvalue weighted by molar-refractivity contribution is 7.98. The van der Waals surface area contributed by atoms with Crippen molar-refractivity contribution in [1.29, 1.82) is 0 Å². The number of carboxylic acids is 1. The van der Waals surface area contributed by atoms with Gasteiger partial charge >= 0.3 is 12.0 Å². The maximum absolute atomic E-state index is 10.7. The lowest BCUT2D eigenvalue weighted by atomic mass is 10.2. The normalized spacial score (nSPS) is 13.5. The largest absolute Gasteiger partial charge is 0.478 e. The Labute approximate surface area is 90.3 Å². The number of nitrogens with one attached hydrogen (secondary N) is 1. The summed E-state index contributed by atoms with van der Waals surface area (Å²) in [5, 5.41) is 11.7. The summed E-state index contributed by atoms with van der Waals surface area (Å²) in [6, 6.07) is 5.22. The second kappa shape index (κ2) is 3.82. The minimum atomic E-state index is -0.945. The molecule has 0 saturated heterocycles. The van der Waals surface area contributed by atoms with Crippen LogP contribution in [0, 0.1) is 0 Å². The Morgan fingerprint density at radius 3 is 3.07 bits per heavy atom. The van der Waals surface area contributed by atoms with Crippen molar-refractivity contribution >= 4 is 29.6 Å². The number of fused-ring (bicyclic) bond motifs is 1. The first kappa shape index (κ1) is 9.85. The average Bonchev–Trinajstić information content (AvgIpc) is 2.27. The third kappa shape index (κ3) is 1.89. The molecule has 0 radical (unpaired) electrons. The van der Waals surface area contributed by atoms with Crippen molar-refractivity contribution < 1.29 is 14.6 Å². The molecule has 1 aliphatic rings. The van der Waals surface area contributed by atoms with E-state index in [0.29, 0.717) is 6.02 Å². The maximum Gasteiger partial charge on any atom is 0.335 e. The summed E-state index contributed by atoms with van der Waals surface area (Å²) >= 11 is 1.19. The van der Waals surface area contributed by atoms with Crippen LogP contribution in [0.15, 0.2) is 27.5 Å². The molecule has 2 rings (SSSR count). The zero-order valence-corrected chi connectivity index (χ0v) is 8.67. The predicted octanol–water partition coefficient (Wildman–Crippen LogP) is 1.82. The van der Waals surface area contributed by atoms with E-state index in [1.54, 1.807) is 12.1 Å². The maximum atomic E-state index is 10.7. The van der Waals surface area contributed by atoms with Crippen molar-refractivity contribution in [3.8, 4) is 0 Å². The van der Waals surface area contributed by atoms with Gasteiger partial charge < -0.3 is 15.2 Å². The summed E-state index contributed by atoms with van der Waals surface area (Å²) in [4.78, 5) is 11.5. The SMILES string of the molecule is COC1=NSc2cc(C(=O)O)ccc2N1. The van der Waals surface area contributed by atoms with Gasteiger partial charge in [0.15, 0.2) is 0 Å². The van der Waals surface area contributed by atoms with Gasteiger partial charge in [-0.1, -0.05) is 0 Å². The number of carbonyl (C=O) groups is 1. The fourth-order valence-electron chi connectivity index (χ4n) is 1.15. The molecule has 78 valence electrons. The van der Waals surface area contributed by atoms with Crippen LogP contribution in [0.1, 0.15) is 10.4 Å². The first-order chi connectivity index (χ1) is 7.20. The average molecular weight is 224 g/mol. The van der Waals surface area contributed by atoms with E-state index in [-0.39, 0.29) is 5.56 Å². The van der Waals surface area contributed by atoms with Crippen LogP contribution in [0.4, 0.5) is 5.69 Å². The number of methoxy groups -OCH3 is 1. The summed E-state index contributed by atoms with van der Waals surface area (Å²) < 4.78 is 8.92. The zero-order chi connectivity index (χ0) is 10.8. The van der Waals surface area contributed by atoms with Gasteiger partial charge in [0.1, 0.15) is 0 Å². The van der Waals surface area contributed by atoms with Crippen LogP contribution in [-0.4, -0.2) is 24.2 Å². The number of rotatable bonds is 1. The van der Waals surface area contributed by atoms with E-state index in [1.807, 2.05) is 0 Å². The van der Waals surface area contributed by atoms with Crippen molar-refractivity contribution in [2.45, 2.75) is 4.90 Å². The van der Waals surface area contributed by atoms with Crippen LogP contribution in [0.5, 0.6) is 0 Å². The predicted molar refractivity (Wildman–Crippen MR) is 57.3 cm³/mol. The fraction of sp³-hybridized carbons (Fsp3) is 0.111. The molecule has 0 saturated carbocycles. The molecule has 0 atom stereocenters. The quantitative estimate of drug-likeness (QED) is 0.712. The minimum Gasteiger partial charge on any atom is -0.478 e. The van der Waals surface area contributed by atoms with Gasteiger partial charge in [-0.05, 0) is 18.2 Å². The number of ether oxygens (including phenoxy) is 1. The molecule has 0 fully saturated rings. The molecule has 0 bridgehead atoms. The minimum absolute atomic E-state index is 0.249. The highest BCUT2D eigenvalue weighted by Crippen LogP contribution is 2.32. The highest BCUT2D eigenvalue weighted by atomic mass is 32.2. The van der Waals surface area contributed by atoms with E-state index in [4.69, 9.17) is 9.84 Å². The number of nitrogens with zero attached hydrogens (tertiary/aromatic N) is 1. The van der Waals surface area contributed by atoms with E-state index in [1.165, 1.54) is 25.1 Å². The Balaban J connectivity index is 2.33. The third-order valence-corrected chi connectivity index (χ3v) is 2.68. The third-order valence-electron chi connectivity index (χ3n) is 1.89. The van der Waals surface area contributed by atoms with Gasteiger partial charge in [0.05, 0.1) is 23.3 Å². The van der Waals surface area contributed by atoms with Crippen LogP contribution >= 0.6 is 11.9 Å². The molecule has 0 amide bonds. The van der Waals surface area contributed by atoms with Crippen LogP contribution in [-0.2, 0) is 4.74 Å². The second-order valence-corrected chi connectivity index (χ2v) is 3.64. The van der Waals surface area contributed by atoms with Gasteiger partial charge in [0, 0.05) is 11.9 Å². The van der Waals surface area contributed by atoms with E-state index in [2.05, 4.69) is 9.71 Å². The molecule has 0 unspecified atom stereocenters. The number of hydrogen-bond acceptors (Lipinski definition) is 5.